The first-order valence-corrected chi connectivity index (χ1v) is 11.1. The van der Waals surface area contributed by atoms with Crippen molar-refractivity contribution in [1.29, 1.82) is 0 Å². The van der Waals surface area contributed by atoms with Crippen molar-refractivity contribution in [2.75, 3.05) is 7.11 Å². The minimum Gasteiger partial charge on any atom is -0.453 e. The Balaban J connectivity index is 1.57. The van der Waals surface area contributed by atoms with Crippen LogP contribution in [0.25, 0.3) is 16.9 Å². The molecular formula is C27H25FN4O3. The van der Waals surface area contributed by atoms with E-state index in [0.29, 0.717) is 12.1 Å². The maximum Gasteiger partial charge on any atom is 0.407 e. The summed E-state index contributed by atoms with van der Waals surface area (Å²) < 4.78 is 19.9. The van der Waals surface area contributed by atoms with E-state index in [9.17, 15) is 14.0 Å². The number of nitrogens with zero attached hydrogens (tertiary/aromatic N) is 2. The summed E-state index contributed by atoms with van der Waals surface area (Å²) in [4.78, 5) is 24.9. The molecule has 0 radical (unpaired) electrons. The second-order valence-electron chi connectivity index (χ2n) is 7.89. The summed E-state index contributed by atoms with van der Waals surface area (Å²) in [5.41, 5.74) is 3.83. The van der Waals surface area contributed by atoms with E-state index in [1.165, 1.54) is 19.2 Å². The predicted molar refractivity (Wildman–Crippen MR) is 130 cm³/mol. The Morgan fingerprint density at radius 2 is 1.63 bits per heavy atom. The van der Waals surface area contributed by atoms with Crippen LogP contribution in [0, 0.1) is 5.82 Å². The maximum absolute atomic E-state index is 13.5. The fourth-order valence-electron chi connectivity index (χ4n) is 3.67. The van der Waals surface area contributed by atoms with E-state index in [2.05, 4.69) is 15.7 Å². The fourth-order valence-corrected chi connectivity index (χ4v) is 3.67. The Morgan fingerprint density at radius 1 is 0.971 bits per heavy atom. The van der Waals surface area contributed by atoms with Gasteiger partial charge in [-0.05, 0) is 42.0 Å². The van der Waals surface area contributed by atoms with Crippen molar-refractivity contribution in [2.45, 2.75) is 19.0 Å². The smallest absolute Gasteiger partial charge is 0.407 e. The summed E-state index contributed by atoms with van der Waals surface area (Å²) in [7, 11) is 1.25. The molecule has 0 bridgehead atoms. The Hall–Kier alpha value is -4.46. The highest BCUT2D eigenvalue weighted by molar-refractivity contribution is 5.86. The predicted octanol–water partition coefficient (Wildman–Crippen LogP) is 4.26. The molecule has 7 nitrogen and oxygen atoms in total. The number of hydrogen-bond donors (Lipinski definition) is 2. The van der Waals surface area contributed by atoms with Crippen molar-refractivity contribution in [3.8, 4) is 16.9 Å². The third-order valence-electron chi connectivity index (χ3n) is 5.46. The summed E-state index contributed by atoms with van der Waals surface area (Å²) in [6.07, 6.45) is 1.44. The number of carbonyl (C=O) groups is 2. The van der Waals surface area contributed by atoms with Gasteiger partial charge in [-0.1, -0.05) is 48.5 Å². The van der Waals surface area contributed by atoms with Crippen LogP contribution in [-0.4, -0.2) is 34.9 Å². The summed E-state index contributed by atoms with van der Waals surface area (Å²) in [5, 5.41) is 10.2. The molecule has 1 atom stereocenters. The summed E-state index contributed by atoms with van der Waals surface area (Å²) >= 11 is 0. The molecule has 3 aromatic carbocycles. The number of amides is 2. The van der Waals surface area contributed by atoms with Crippen LogP contribution in [0.2, 0.25) is 0 Å². The van der Waals surface area contributed by atoms with Crippen molar-refractivity contribution in [2.24, 2.45) is 0 Å². The lowest BCUT2D eigenvalue weighted by Gasteiger charge is -2.18. The average Bonchev–Trinajstić information content (AvgIpc) is 3.32. The Morgan fingerprint density at radius 3 is 2.29 bits per heavy atom. The van der Waals surface area contributed by atoms with Gasteiger partial charge in [-0.3, -0.25) is 4.79 Å². The maximum atomic E-state index is 13.5. The second kappa shape index (κ2) is 11.1. The van der Waals surface area contributed by atoms with Crippen LogP contribution in [0.5, 0.6) is 0 Å². The quantitative estimate of drug-likeness (QED) is 0.401. The Kier molecular flexibility index (Phi) is 7.52. The topological polar surface area (TPSA) is 85.2 Å². The molecule has 0 aliphatic heterocycles. The number of para-hydroxylation sites is 1. The number of alkyl carbamates (subject to hydrolysis) is 1. The first-order chi connectivity index (χ1) is 17.0. The van der Waals surface area contributed by atoms with Gasteiger partial charge in [0.25, 0.3) is 0 Å². The van der Waals surface area contributed by atoms with Gasteiger partial charge in [0.05, 0.1) is 18.5 Å². The molecular weight excluding hydrogens is 447 g/mol. The number of methoxy groups -OCH3 is 1. The van der Waals surface area contributed by atoms with Crippen LogP contribution in [-0.2, 0) is 22.5 Å². The molecule has 0 aliphatic carbocycles. The molecule has 178 valence electrons. The van der Waals surface area contributed by atoms with Gasteiger partial charge in [0.15, 0.2) is 0 Å². The molecule has 0 aliphatic rings. The van der Waals surface area contributed by atoms with Gasteiger partial charge < -0.3 is 15.4 Å². The van der Waals surface area contributed by atoms with E-state index < -0.39 is 12.1 Å². The van der Waals surface area contributed by atoms with Crippen LogP contribution in [0.4, 0.5) is 9.18 Å². The highest BCUT2D eigenvalue weighted by Gasteiger charge is 2.22. The lowest BCUT2D eigenvalue weighted by molar-refractivity contribution is -0.123. The number of halogens is 1. The molecule has 2 N–H and O–H groups in total. The Labute approximate surface area is 202 Å². The molecule has 1 heterocycles. The number of rotatable bonds is 8. The minimum absolute atomic E-state index is 0.159. The zero-order valence-corrected chi connectivity index (χ0v) is 19.1. The van der Waals surface area contributed by atoms with Crippen LogP contribution < -0.4 is 10.6 Å². The molecule has 8 heteroatoms. The van der Waals surface area contributed by atoms with Crippen molar-refractivity contribution >= 4 is 12.0 Å². The summed E-state index contributed by atoms with van der Waals surface area (Å²) in [6, 6.07) is 24.2. The second-order valence-corrected chi connectivity index (χ2v) is 7.89. The molecule has 0 fully saturated rings. The standard InChI is InChI=1S/C27H25FN4O3/c1-35-27(34)30-24(16-19-8-4-2-5-9-19)26(33)29-17-21-18-32(23-10-6-3-7-11-23)31-25(21)20-12-14-22(28)15-13-20/h2-15,18,24H,16-17H2,1H3,(H,29,33)(H,30,34). The van der Waals surface area contributed by atoms with E-state index in [4.69, 9.17) is 4.74 Å². The van der Waals surface area contributed by atoms with E-state index >= 15 is 0 Å². The first kappa shape index (κ1) is 23.7. The summed E-state index contributed by atoms with van der Waals surface area (Å²) in [6.45, 7) is 0.159. The molecule has 0 saturated carbocycles. The Bertz CT molecular complexity index is 1280. The highest BCUT2D eigenvalue weighted by atomic mass is 19.1. The molecule has 2 amide bonds. The van der Waals surface area contributed by atoms with Gasteiger partial charge in [-0.25, -0.2) is 13.9 Å². The van der Waals surface area contributed by atoms with Gasteiger partial charge in [-0.2, -0.15) is 5.10 Å². The minimum atomic E-state index is -0.830. The molecule has 4 aromatic rings. The largest absolute Gasteiger partial charge is 0.453 e. The van der Waals surface area contributed by atoms with Crippen molar-refractivity contribution in [1.82, 2.24) is 20.4 Å². The number of hydrogen-bond acceptors (Lipinski definition) is 4. The van der Waals surface area contributed by atoms with Gasteiger partial charge >= 0.3 is 6.09 Å². The first-order valence-electron chi connectivity index (χ1n) is 11.1. The van der Waals surface area contributed by atoms with Crippen LogP contribution in [0.15, 0.2) is 91.1 Å². The molecule has 4 rings (SSSR count). The van der Waals surface area contributed by atoms with Gasteiger partial charge in [0, 0.05) is 30.3 Å². The molecule has 0 saturated heterocycles. The molecule has 1 aromatic heterocycles. The zero-order chi connectivity index (χ0) is 24.6. The molecule has 1 unspecified atom stereocenters. The number of ether oxygens (including phenoxy) is 1. The lowest BCUT2D eigenvalue weighted by Crippen LogP contribution is -2.47. The SMILES string of the molecule is COC(=O)NC(Cc1ccccc1)C(=O)NCc1cn(-c2ccccc2)nc1-c1ccc(F)cc1. The third-order valence-corrected chi connectivity index (χ3v) is 5.46. The number of aromatic nitrogens is 2. The number of carbonyl (C=O) groups excluding carboxylic acids is 2. The third kappa shape index (κ3) is 6.11. The van der Waals surface area contributed by atoms with Crippen LogP contribution in [0.3, 0.4) is 0 Å². The van der Waals surface area contributed by atoms with Crippen LogP contribution in [0.1, 0.15) is 11.1 Å². The lowest BCUT2D eigenvalue weighted by atomic mass is 10.0. The highest BCUT2D eigenvalue weighted by Crippen LogP contribution is 2.24. The van der Waals surface area contributed by atoms with Crippen molar-refractivity contribution < 1.29 is 18.7 Å². The van der Waals surface area contributed by atoms with Crippen molar-refractivity contribution in [3.63, 3.8) is 0 Å². The van der Waals surface area contributed by atoms with E-state index in [1.54, 1.807) is 16.8 Å². The van der Waals surface area contributed by atoms with E-state index in [0.717, 1.165) is 22.4 Å². The van der Waals surface area contributed by atoms with Gasteiger partial charge in [0.1, 0.15) is 11.9 Å². The summed E-state index contributed by atoms with van der Waals surface area (Å²) in [5.74, 6) is -0.708. The molecule has 0 spiro atoms. The zero-order valence-electron chi connectivity index (χ0n) is 19.1. The van der Waals surface area contributed by atoms with Gasteiger partial charge in [0.2, 0.25) is 5.91 Å². The molecule has 35 heavy (non-hydrogen) atoms. The van der Waals surface area contributed by atoms with E-state index in [-0.39, 0.29) is 18.3 Å². The van der Waals surface area contributed by atoms with Crippen LogP contribution >= 0.6 is 0 Å². The normalized spacial score (nSPS) is 11.5. The monoisotopic (exact) mass is 472 g/mol. The average molecular weight is 473 g/mol. The number of benzene rings is 3. The van der Waals surface area contributed by atoms with Crippen molar-refractivity contribution in [3.05, 3.63) is 108 Å². The fraction of sp³-hybridized carbons (Fsp3) is 0.148. The number of nitrogens with one attached hydrogen (secondary N) is 2. The van der Waals surface area contributed by atoms with E-state index in [1.807, 2.05) is 66.9 Å². The van der Waals surface area contributed by atoms with Gasteiger partial charge in [-0.15, -0.1) is 0 Å².